The Kier molecular flexibility index (Phi) is 6.10. The highest BCUT2D eigenvalue weighted by Crippen LogP contribution is 2.33. The van der Waals surface area contributed by atoms with Gasteiger partial charge in [0.15, 0.2) is 0 Å². The Hall–Kier alpha value is -0.610. The molecule has 2 heterocycles. The van der Waals surface area contributed by atoms with Crippen molar-refractivity contribution in [1.29, 1.82) is 0 Å². The number of aliphatic hydroxyl groups is 1. The molecule has 1 aromatic rings. The summed E-state index contributed by atoms with van der Waals surface area (Å²) in [5, 5.41) is 11.5. The van der Waals surface area contributed by atoms with Crippen molar-refractivity contribution in [3.63, 3.8) is 0 Å². The van der Waals surface area contributed by atoms with Crippen LogP contribution in [0.4, 0.5) is 0 Å². The number of nitrogens with zero attached hydrogens (tertiary/aromatic N) is 2. The molecule has 0 saturated carbocycles. The Morgan fingerprint density at radius 3 is 2.44 bits per heavy atom. The number of rotatable bonds is 5. The molecule has 1 aromatic carbocycles. The third kappa shape index (κ3) is 5.19. The molecule has 0 bridgehead atoms. The molecule has 3 rings (SSSR count). The molecule has 4 heteroatoms. The second-order valence-electron chi connectivity index (χ2n) is 8.78. The molecule has 0 aliphatic carbocycles. The number of hydrogen-bond acceptors (Lipinski definition) is 3. The summed E-state index contributed by atoms with van der Waals surface area (Å²) in [7, 11) is 0. The van der Waals surface area contributed by atoms with E-state index < -0.39 is 5.60 Å². The molecule has 25 heavy (non-hydrogen) atoms. The first-order chi connectivity index (χ1) is 11.8. The molecule has 2 aliphatic rings. The highest BCUT2D eigenvalue weighted by molar-refractivity contribution is 6.30. The fourth-order valence-corrected chi connectivity index (χ4v) is 4.80. The average molecular weight is 365 g/mol. The zero-order valence-electron chi connectivity index (χ0n) is 15.9. The molecule has 2 saturated heterocycles. The number of hydrogen-bond donors (Lipinski definition) is 1. The first-order valence-corrected chi connectivity index (χ1v) is 10.1. The number of benzene rings is 1. The SMILES string of the molecule is CC(C)CN1CCC(N2CC(C)(O)C[C@@H]2Cc2ccc(Cl)cc2)CC1. The minimum Gasteiger partial charge on any atom is -0.389 e. The molecule has 1 N–H and O–H groups in total. The maximum atomic E-state index is 10.7. The zero-order valence-corrected chi connectivity index (χ0v) is 16.7. The van der Waals surface area contributed by atoms with Gasteiger partial charge in [0, 0.05) is 30.2 Å². The van der Waals surface area contributed by atoms with Gasteiger partial charge in [-0.25, -0.2) is 0 Å². The van der Waals surface area contributed by atoms with Gasteiger partial charge in [-0.15, -0.1) is 0 Å². The van der Waals surface area contributed by atoms with E-state index in [1.54, 1.807) is 0 Å². The number of likely N-dealkylation sites (tertiary alicyclic amines) is 2. The zero-order chi connectivity index (χ0) is 18.0. The van der Waals surface area contributed by atoms with Crippen LogP contribution in [0.1, 0.15) is 45.6 Å². The summed E-state index contributed by atoms with van der Waals surface area (Å²) in [5.41, 5.74) is 0.751. The van der Waals surface area contributed by atoms with E-state index in [1.807, 2.05) is 19.1 Å². The van der Waals surface area contributed by atoms with Crippen LogP contribution in [0.25, 0.3) is 0 Å². The normalized spacial score (nSPS) is 29.6. The van der Waals surface area contributed by atoms with Crippen molar-refractivity contribution in [3.8, 4) is 0 Å². The molecule has 3 nitrogen and oxygen atoms in total. The van der Waals surface area contributed by atoms with E-state index in [1.165, 1.54) is 38.0 Å². The van der Waals surface area contributed by atoms with Gasteiger partial charge in [0.2, 0.25) is 0 Å². The molecule has 2 aliphatic heterocycles. The smallest absolute Gasteiger partial charge is 0.0761 e. The Morgan fingerprint density at radius 1 is 1.20 bits per heavy atom. The van der Waals surface area contributed by atoms with Gasteiger partial charge in [0.05, 0.1) is 5.60 Å². The first kappa shape index (κ1) is 19.2. The van der Waals surface area contributed by atoms with Crippen LogP contribution >= 0.6 is 11.6 Å². The summed E-state index contributed by atoms with van der Waals surface area (Å²) in [6, 6.07) is 9.22. The predicted molar refractivity (Wildman–Crippen MR) is 105 cm³/mol. The van der Waals surface area contributed by atoms with E-state index in [0.29, 0.717) is 12.1 Å². The number of piperidine rings is 1. The summed E-state index contributed by atoms with van der Waals surface area (Å²) in [6.45, 7) is 11.0. The second-order valence-corrected chi connectivity index (χ2v) is 9.22. The fraction of sp³-hybridized carbons (Fsp3) is 0.714. The lowest BCUT2D eigenvalue weighted by Gasteiger charge is -2.40. The molecule has 1 unspecified atom stereocenters. The maximum absolute atomic E-state index is 10.7. The molecule has 0 radical (unpaired) electrons. The molecule has 0 aromatic heterocycles. The maximum Gasteiger partial charge on any atom is 0.0761 e. The monoisotopic (exact) mass is 364 g/mol. The summed E-state index contributed by atoms with van der Waals surface area (Å²) in [4.78, 5) is 5.20. The van der Waals surface area contributed by atoms with Crippen LogP contribution in [0.5, 0.6) is 0 Å². The van der Waals surface area contributed by atoms with Gasteiger partial charge in [-0.05, 0) is 69.3 Å². The topological polar surface area (TPSA) is 26.7 Å². The Morgan fingerprint density at radius 2 is 1.84 bits per heavy atom. The predicted octanol–water partition coefficient (Wildman–Crippen LogP) is 3.83. The van der Waals surface area contributed by atoms with Crippen LogP contribution < -0.4 is 0 Å². The van der Waals surface area contributed by atoms with Gasteiger partial charge >= 0.3 is 0 Å². The molecule has 140 valence electrons. The number of β-amino-alcohol motifs (C(OH)–C–C–N with tert-alkyl or cyclic N) is 1. The minimum atomic E-state index is -0.563. The van der Waals surface area contributed by atoms with Gasteiger partial charge in [-0.2, -0.15) is 0 Å². The Labute approximate surface area is 158 Å². The quantitative estimate of drug-likeness (QED) is 0.860. The van der Waals surface area contributed by atoms with Crippen LogP contribution in [0.15, 0.2) is 24.3 Å². The van der Waals surface area contributed by atoms with E-state index in [0.717, 1.165) is 30.3 Å². The van der Waals surface area contributed by atoms with Crippen molar-refractivity contribution in [2.75, 3.05) is 26.2 Å². The van der Waals surface area contributed by atoms with Gasteiger partial charge < -0.3 is 10.0 Å². The van der Waals surface area contributed by atoms with Crippen molar-refractivity contribution in [2.45, 2.75) is 64.1 Å². The standard InChI is InChI=1S/C21H33ClN2O/c1-16(2)14-23-10-8-19(9-11-23)24-15-21(3,25)13-20(24)12-17-4-6-18(22)7-5-17/h4-7,16,19-20,25H,8-15H2,1-3H3/t20-,21?/m0/s1. The average Bonchev–Trinajstić information content (AvgIpc) is 2.84. The van der Waals surface area contributed by atoms with E-state index in [2.05, 4.69) is 35.8 Å². The summed E-state index contributed by atoms with van der Waals surface area (Å²) >= 11 is 6.02. The lowest BCUT2D eigenvalue weighted by Crippen LogP contribution is -2.48. The second kappa shape index (κ2) is 7.96. The fourth-order valence-electron chi connectivity index (χ4n) is 4.67. The van der Waals surface area contributed by atoms with E-state index in [4.69, 9.17) is 11.6 Å². The Bertz CT molecular complexity index is 550. The molecular weight excluding hydrogens is 332 g/mol. The third-order valence-corrected chi connectivity index (χ3v) is 5.95. The summed E-state index contributed by atoms with van der Waals surface area (Å²) in [5.74, 6) is 0.738. The van der Waals surface area contributed by atoms with E-state index >= 15 is 0 Å². The van der Waals surface area contributed by atoms with Crippen molar-refractivity contribution in [3.05, 3.63) is 34.9 Å². The van der Waals surface area contributed by atoms with Gasteiger partial charge in [0.1, 0.15) is 0 Å². The van der Waals surface area contributed by atoms with Gasteiger partial charge in [-0.3, -0.25) is 4.90 Å². The van der Waals surface area contributed by atoms with Crippen LogP contribution in [0.2, 0.25) is 5.02 Å². The van der Waals surface area contributed by atoms with Crippen molar-refractivity contribution in [1.82, 2.24) is 9.80 Å². The van der Waals surface area contributed by atoms with Crippen LogP contribution in [0, 0.1) is 5.92 Å². The molecular formula is C21H33ClN2O. The molecule has 2 fully saturated rings. The summed E-state index contributed by atoms with van der Waals surface area (Å²) in [6.07, 6.45) is 4.31. The summed E-state index contributed by atoms with van der Waals surface area (Å²) < 4.78 is 0. The first-order valence-electron chi connectivity index (χ1n) is 9.77. The number of halogens is 1. The minimum absolute atomic E-state index is 0.429. The van der Waals surface area contributed by atoms with Crippen LogP contribution in [-0.2, 0) is 6.42 Å². The highest BCUT2D eigenvalue weighted by Gasteiger charge is 2.42. The van der Waals surface area contributed by atoms with Gasteiger partial charge in [-0.1, -0.05) is 37.6 Å². The van der Waals surface area contributed by atoms with E-state index in [-0.39, 0.29) is 0 Å². The molecule has 2 atom stereocenters. The highest BCUT2D eigenvalue weighted by atomic mass is 35.5. The van der Waals surface area contributed by atoms with E-state index in [9.17, 15) is 5.11 Å². The van der Waals surface area contributed by atoms with Crippen LogP contribution in [-0.4, -0.2) is 58.8 Å². The lowest BCUT2D eigenvalue weighted by atomic mass is 9.97. The largest absolute Gasteiger partial charge is 0.389 e. The Balaban J connectivity index is 1.63. The van der Waals surface area contributed by atoms with Crippen molar-refractivity contribution < 1.29 is 5.11 Å². The molecule has 0 amide bonds. The third-order valence-electron chi connectivity index (χ3n) is 5.70. The van der Waals surface area contributed by atoms with Crippen molar-refractivity contribution >= 4 is 11.6 Å². The van der Waals surface area contributed by atoms with Crippen molar-refractivity contribution in [2.24, 2.45) is 5.92 Å². The van der Waals surface area contributed by atoms with Gasteiger partial charge in [0.25, 0.3) is 0 Å². The molecule has 0 spiro atoms. The lowest BCUT2D eigenvalue weighted by molar-refractivity contribution is 0.0485. The van der Waals surface area contributed by atoms with Crippen LogP contribution in [0.3, 0.4) is 0 Å².